The monoisotopic (exact) mass is 380 g/mol. The lowest BCUT2D eigenvalue weighted by atomic mass is 10.3. The molecule has 0 fully saturated rings. The van der Waals surface area contributed by atoms with E-state index in [0.717, 1.165) is 14.7 Å². The Morgan fingerprint density at radius 3 is 2.95 bits per heavy atom. The highest BCUT2D eigenvalue weighted by Crippen LogP contribution is 2.28. The van der Waals surface area contributed by atoms with Crippen LogP contribution in [0.25, 0.3) is 10.2 Å². The van der Waals surface area contributed by atoms with Gasteiger partial charge in [0.1, 0.15) is 0 Å². The van der Waals surface area contributed by atoms with Crippen molar-refractivity contribution in [3.05, 3.63) is 52.8 Å². The lowest BCUT2D eigenvalue weighted by molar-refractivity contribution is -0.118. The number of hydrogen-bond donors (Lipinski definition) is 1. The summed E-state index contributed by atoms with van der Waals surface area (Å²) in [5.74, 6) is -0.840. The lowest BCUT2D eigenvalue weighted by Gasteiger charge is -2.06. The van der Waals surface area contributed by atoms with Gasteiger partial charge in [-0.15, -0.1) is 0 Å². The van der Waals surface area contributed by atoms with Crippen LogP contribution in [0.2, 0.25) is 0 Å². The standard InChI is InChI=1S/C15H10BrFN2O2S/c16-9-5-6-11-13(7-9)22-15(18-11)19-14(20)8-21-12-4-2-1-3-10(12)17/h1-7H,8H2,(H,18,19,20). The van der Waals surface area contributed by atoms with Gasteiger partial charge in [0.15, 0.2) is 23.3 Å². The molecule has 1 amide bonds. The normalized spacial score (nSPS) is 10.6. The molecule has 0 aliphatic carbocycles. The smallest absolute Gasteiger partial charge is 0.264 e. The highest BCUT2D eigenvalue weighted by atomic mass is 79.9. The van der Waals surface area contributed by atoms with E-state index in [1.54, 1.807) is 12.1 Å². The van der Waals surface area contributed by atoms with Crippen LogP contribution in [-0.2, 0) is 4.79 Å². The van der Waals surface area contributed by atoms with Gasteiger partial charge in [0.2, 0.25) is 0 Å². The van der Waals surface area contributed by atoms with Crippen molar-refractivity contribution >= 4 is 48.5 Å². The van der Waals surface area contributed by atoms with Gasteiger partial charge in [-0.25, -0.2) is 9.37 Å². The van der Waals surface area contributed by atoms with E-state index in [4.69, 9.17) is 4.74 Å². The van der Waals surface area contributed by atoms with Crippen molar-refractivity contribution in [2.45, 2.75) is 0 Å². The summed E-state index contributed by atoms with van der Waals surface area (Å²) in [4.78, 5) is 16.1. The van der Waals surface area contributed by atoms with Gasteiger partial charge >= 0.3 is 0 Å². The number of amides is 1. The molecule has 1 heterocycles. The van der Waals surface area contributed by atoms with E-state index in [1.165, 1.54) is 23.5 Å². The number of thiazole rings is 1. The average Bonchev–Trinajstić information content (AvgIpc) is 2.87. The van der Waals surface area contributed by atoms with Crippen LogP contribution in [0, 0.1) is 5.82 Å². The Kier molecular flexibility index (Phi) is 4.35. The fraction of sp³-hybridized carbons (Fsp3) is 0.0667. The molecule has 0 spiro atoms. The maximum atomic E-state index is 13.4. The van der Waals surface area contributed by atoms with Gasteiger partial charge in [0, 0.05) is 4.47 Å². The Hall–Kier alpha value is -1.99. The molecule has 0 aliphatic rings. The highest BCUT2D eigenvalue weighted by molar-refractivity contribution is 9.10. The summed E-state index contributed by atoms with van der Waals surface area (Å²) in [6.07, 6.45) is 0. The van der Waals surface area contributed by atoms with Gasteiger partial charge in [-0.1, -0.05) is 39.4 Å². The second-order valence-electron chi connectivity index (χ2n) is 4.40. The Labute approximate surface area is 138 Å². The molecule has 0 atom stereocenters. The number of nitrogens with one attached hydrogen (secondary N) is 1. The maximum absolute atomic E-state index is 13.4. The summed E-state index contributed by atoms with van der Waals surface area (Å²) in [7, 11) is 0. The molecule has 3 rings (SSSR count). The van der Waals surface area contributed by atoms with Gasteiger partial charge in [-0.2, -0.15) is 0 Å². The quantitative estimate of drug-likeness (QED) is 0.737. The lowest BCUT2D eigenvalue weighted by Crippen LogP contribution is -2.20. The summed E-state index contributed by atoms with van der Waals surface area (Å²) in [5.41, 5.74) is 0.804. The number of para-hydroxylation sites is 1. The third-order valence-corrected chi connectivity index (χ3v) is 4.22. The van der Waals surface area contributed by atoms with Crippen molar-refractivity contribution in [1.82, 2.24) is 4.98 Å². The van der Waals surface area contributed by atoms with Crippen LogP contribution in [0.5, 0.6) is 5.75 Å². The predicted octanol–water partition coefficient (Wildman–Crippen LogP) is 4.22. The molecule has 22 heavy (non-hydrogen) atoms. The number of fused-ring (bicyclic) bond motifs is 1. The minimum absolute atomic E-state index is 0.0471. The minimum atomic E-state index is -0.500. The molecule has 2 aromatic carbocycles. The van der Waals surface area contributed by atoms with Crippen molar-refractivity contribution in [2.75, 3.05) is 11.9 Å². The Balaban J connectivity index is 1.64. The van der Waals surface area contributed by atoms with E-state index in [0.29, 0.717) is 5.13 Å². The Morgan fingerprint density at radius 2 is 2.14 bits per heavy atom. The highest BCUT2D eigenvalue weighted by Gasteiger charge is 2.10. The van der Waals surface area contributed by atoms with Gasteiger partial charge < -0.3 is 4.74 Å². The van der Waals surface area contributed by atoms with Gasteiger partial charge in [-0.3, -0.25) is 10.1 Å². The molecule has 0 saturated carbocycles. The van der Waals surface area contributed by atoms with E-state index in [2.05, 4.69) is 26.2 Å². The van der Waals surface area contributed by atoms with Crippen LogP contribution >= 0.6 is 27.3 Å². The number of halogens is 2. The van der Waals surface area contributed by atoms with Crippen LogP contribution < -0.4 is 10.1 Å². The Bertz CT molecular complexity index is 837. The van der Waals surface area contributed by atoms with E-state index in [9.17, 15) is 9.18 Å². The van der Waals surface area contributed by atoms with E-state index >= 15 is 0 Å². The van der Waals surface area contributed by atoms with Crippen LogP contribution in [0.1, 0.15) is 0 Å². The van der Waals surface area contributed by atoms with Crippen molar-refractivity contribution in [3.8, 4) is 5.75 Å². The van der Waals surface area contributed by atoms with Crippen LogP contribution in [0.15, 0.2) is 46.9 Å². The topological polar surface area (TPSA) is 51.2 Å². The molecule has 1 aromatic heterocycles. The van der Waals surface area contributed by atoms with Crippen molar-refractivity contribution in [2.24, 2.45) is 0 Å². The van der Waals surface area contributed by atoms with E-state index in [-0.39, 0.29) is 18.3 Å². The number of hydrogen-bond acceptors (Lipinski definition) is 4. The van der Waals surface area contributed by atoms with Gasteiger partial charge in [0.05, 0.1) is 10.2 Å². The first-order chi connectivity index (χ1) is 10.6. The minimum Gasteiger partial charge on any atom is -0.481 e. The third-order valence-electron chi connectivity index (χ3n) is 2.79. The molecule has 7 heteroatoms. The number of benzene rings is 2. The first kappa shape index (κ1) is 14.9. The SMILES string of the molecule is O=C(COc1ccccc1F)Nc1nc2ccc(Br)cc2s1. The third kappa shape index (κ3) is 3.42. The van der Waals surface area contributed by atoms with Crippen LogP contribution in [-0.4, -0.2) is 17.5 Å². The number of carbonyl (C=O) groups is 1. The van der Waals surface area contributed by atoms with E-state index in [1.807, 2.05) is 18.2 Å². The predicted molar refractivity (Wildman–Crippen MR) is 87.8 cm³/mol. The Morgan fingerprint density at radius 1 is 1.32 bits per heavy atom. The van der Waals surface area contributed by atoms with Crippen molar-refractivity contribution < 1.29 is 13.9 Å². The second kappa shape index (κ2) is 6.41. The first-order valence-electron chi connectivity index (χ1n) is 6.35. The number of aromatic nitrogens is 1. The summed E-state index contributed by atoms with van der Waals surface area (Å²) in [5, 5.41) is 3.13. The second-order valence-corrected chi connectivity index (χ2v) is 6.34. The largest absolute Gasteiger partial charge is 0.481 e. The molecule has 1 N–H and O–H groups in total. The molecule has 0 bridgehead atoms. The molecule has 0 unspecified atom stereocenters. The zero-order chi connectivity index (χ0) is 15.5. The maximum Gasteiger partial charge on any atom is 0.264 e. The molecule has 0 radical (unpaired) electrons. The molecule has 0 saturated heterocycles. The van der Waals surface area contributed by atoms with Crippen LogP contribution in [0.4, 0.5) is 9.52 Å². The van der Waals surface area contributed by atoms with Crippen molar-refractivity contribution in [3.63, 3.8) is 0 Å². The number of nitrogens with zero attached hydrogens (tertiary/aromatic N) is 1. The molecular formula is C15H10BrFN2O2S. The molecule has 3 aromatic rings. The summed E-state index contributed by atoms with van der Waals surface area (Å²) in [6.45, 7) is -0.277. The zero-order valence-electron chi connectivity index (χ0n) is 11.2. The van der Waals surface area contributed by atoms with Gasteiger partial charge in [-0.05, 0) is 30.3 Å². The average molecular weight is 381 g/mol. The number of anilines is 1. The first-order valence-corrected chi connectivity index (χ1v) is 7.96. The fourth-order valence-corrected chi connectivity index (χ4v) is 3.25. The number of carbonyl (C=O) groups excluding carboxylic acids is 1. The summed E-state index contributed by atoms with van der Waals surface area (Å²) >= 11 is 4.75. The molecule has 112 valence electrons. The number of ether oxygens (including phenoxy) is 1. The van der Waals surface area contributed by atoms with E-state index < -0.39 is 5.82 Å². The zero-order valence-corrected chi connectivity index (χ0v) is 13.6. The molecule has 0 aliphatic heterocycles. The van der Waals surface area contributed by atoms with Crippen molar-refractivity contribution in [1.29, 1.82) is 0 Å². The molecule has 4 nitrogen and oxygen atoms in total. The summed E-state index contributed by atoms with van der Waals surface area (Å²) in [6, 6.07) is 11.6. The van der Waals surface area contributed by atoms with Crippen LogP contribution in [0.3, 0.4) is 0 Å². The number of rotatable bonds is 4. The summed E-state index contributed by atoms with van der Waals surface area (Å²) < 4.78 is 20.4. The fourth-order valence-electron chi connectivity index (χ4n) is 1.81. The molecular weight excluding hydrogens is 371 g/mol. The van der Waals surface area contributed by atoms with Gasteiger partial charge in [0.25, 0.3) is 5.91 Å².